The molecule has 2 amide bonds. The second-order valence-corrected chi connectivity index (χ2v) is 7.12. The second-order valence-electron chi connectivity index (χ2n) is 5.64. The van der Waals surface area contributed by atoms with E-state index in [-0.39, 0.29) is 17.7 Å². The summed E-state index contributed by atoms with van der Waals surface area (Å²) in [6, 6.07) is 14.6. The van der Waals surface area contributed by atoms with Crippen LogP contribution in [0.4, 0.5) is 11.4 Å². The van der Waals surface area contributed by atoms with Crippen LogP contribution in [0, 0.1) is 5.92 Å². The first kappa shape index (κ1) is 16.9. The Kier molecular flexibility index (Phi) is 5.43. The molecule has 124 valence electrons. The van der Waals surface area contributed by atoms with Crippen molar-refractivity contribution in [2.24, 2.45) is 5.92 Å². The monoisotopic (exact) mass is 360 g/mol. The lowest BCUT2D eigenvalue weighted by atomic mass is 10.3. The highest BCUT2D eigenvalue weighted by atomic mass is 35.5. The summed E-state index contributed by atoms with van der Waals surface area (Å²) in [7, 11) is 0. The Morgan fingerprint density at radius 2 is 1.79 bits per heavy atom. The average molecular weight is 361 g/mol. The Balaban J connectivity index is 1.47. The van der Waals surface area contributed by atoms with Gasteiger partial charge in [-0.05, 0) is 55.3 Å². The van der Waals surface area contributed by atoms with Gasteiger partial charge in [-0.25, -0.2) is 0 Å². The molecule has 1 saturated carbocycles. The third-order valence-electron chi connectivity index (χ3n) is 3.55. The van der Waals surface area contributed by atoms with Crippen molar-refractivity contribution < 1.29 is 9.59 Å². The Morgan fingerprint density at radius 3 is 2.46 bits per heavy atom. The van der Waals surface area contributed by atoms with Gasteiger partial charge in [-0.15, -0.1) is 11.8 Å². The maximum Gasteiger partial charge on any atom is 0.234 e. The molecule has 0 radical (unpaired) electrons. The number of carbonyl (C=O) groups is 2. The summed E-state index contributed by atoms with van der Waals surface area (Å²) in [4.78, 5) is 24.6. The van der Waals surface area contributed by atoms with Crippen LogP contribution in [0.3, 0.4) is 0 Å². The summed E-state index contributed by atoms with van der Waals surface area (Å²) in [5, 5.41) is 6.29. The zero-order chi connectivity index (χ0) is 16.9. The van der Waals surface area contributed by atoms with Crippen LogP contribution in [0.2, 0.25) is 5.02 Å². The maximum atomic E-state index is 12.0. The van der Waals surface area contributed by atoms with Gasteiger partial charge in [-0.1, -0.05) is 17.7 Å². The molecule has 0 saturated heterocycles. The largest absolute Gasteiger partial charge is 0.326 e. The number of thioether (sulfide) groups is 1. The lowest BCUT2D eigenvalue weighted by Gasteiger charge is -2.07. The van der Waals surface area contributed by atoms with E-state index < -0.39 is 0 Å². The number of hydrogen-bond acceptors (Lipinski definition) is 3. The quantitative estimate of drug-likeness (QED) is 0.750. The van der Waals surface area contributed by atoms with Crippen molar-refractivity contribution in [1.29, 1.82) is 0 Å². The molecule has 0 bridgehead atoms. The molecule has 1 aliphatic carbocycles. The van der Waals surface area contributed by atoms with Crippen LogP contribution < -0.4 is 10.6 Å². The molecule has 0 heterocycles. The fraction of sp³-hybridized carbons (Fsp3) is 0.222. The summed E-state index contributed by atoms with van der Waals surface area (Å²) < 4.78 is 0. The van der Waals surface area contributed by atoms with E-state index in [0.29, 0.717) is 16.5 Å². The van der Waals surface area contributed by atoms with Gasteiger partial charge in [0.15, 0.2) is 0 Å². The van der Waals surface area contributed by atoms with E-state index in [0.717, 1.165) is 23.4 Å². The first-order valence-corrected chi connectivity index (χ1v) is 9.06. The number of carbonyl (C=O) groups excluding carboxylic acids is 2. The normalized spacial score (nSPS) is 13.4. The molecule has 2 aromatic carbocycles. The van der Waals surface area contributed by atoms with Gasteiger partial charge in [-0.2, -0.15) is 0 Å². The molecule has 0 aliphatic heterocycles. The van der Waals surface area contributed by atoms with Gasteiger partial charge < -0.3 is 10.6 Å². The van der Waals surface area contributed by atoms with Crippen molar-refractivity contribution >= 4 is 46.6 Å². The molecule has 4 nitrogen and oxygen atoms in total. The molecule has 3 rings (SSSR count). The Hall–Kier alpha value is -1.98. The highest BCUT2D eigenvalue weighted by Gasteiger charge is 2.29. The molecule has 0 aromatic heterocycles. The van der Waals surface area contributed by atoms with Gasteiger partial charge in [0.2, 0.25) is 11.8 Å². The van der Waals surface area contributed by atoms with E-state index in [1.807, 2.05) is 24.3 Å². The van der Waals surface area contributed by atoms with Crippen LogP contribution in [-0.2, 0) is 9.59 Å². The highest BCUT2D eigenvalue weighted by Crippen LogP contribution is 2.30. The van der Waals surface area contributed by atoms with E-state index in [4.69, 9.17) is 11.6 Å². The molecule has 2 aromatic rings. The summed E-state index contributed by atoms with van der Waals surface area (Å²) in [6.45, 7) is 0. The molecule has 0 unspecified atom stereocenters. The average Bonchev–Trinajstić information content (AvgIpc) is 3.39. The minimum atomic E-state index is -0.0895. The van der Waals surface area contributed by atoms with Gasteiger partial charge >= 0.3 is 0 Å². The third kappa shape index (κ3) is 5.01. The zero-order valence-electron chi connectivity index (χ0n) is 12.9. The maximum absolute atomic E-state index is 12.0. The number of halogens is 1. The van der Waals surface area contributed by atoms with E-state index in [1.54, 1.807) is 24.3 Å². The second kappa shape index (κ2) is 7.73. The van der Waals surface area contributed by atoms with Crippen LogP contribution in [0.1, 0.15) is 12.8 Å². The summed E-state index contributed by atoms with van der Waals surface area (Å²) in [5.41, 5.74) is 1.48. The van der Waals surface area contributed by atoms with Gasteiger partial charge in [0.1, 0.15) is 0 Å². The van der Waals surface area contributed by atoms with Gasteiger partial charge in [0, 0.05) is 27.2 Å². The molecule has 1 fully saturated rings. The van der Waals surface area contributed by atoms with Crippen LogP contribution >= 0.6 is 23.4 Å². The molecule has 0 spiro atoms. The third-order valence-corrected chi connectivity index (χ3v) is 4.80. The van der Waals surface area contributed by atoms with Crippen molar-refractivity contribution in [3.63, 3.8) is 0 Å². The molecular formula is C18H17ClN2O2S. The van der Waals surface area contributed by atoms with Gasteiger partial charge in [-0.3, -0.25) is 9.59 Å². The fourth-order valence-electron chi connectivity index (χ4n) is 2.14. The van der Waals surface area contributed by atoms with Crippen LogP contribution in [0.5, 0.6) is 0 Å². The molecular weight excluding hydrogens is 344 g/mol. The smallest absolute Gasteiger partial charge is 0.234 e. The highest BCUT2D eigenvalue weighted by molar-refractivity contribution is 8.00. The van der Waals surface area contributed by atoms with E-state index in [1.165, 1.54) is 11.8 Å². The fourth-order valence-corrected chi connectivity index (χ4v) is 3.03. The number of hydrogen-bond donors (Lipinski definition) is 2. The Bertz CT molecular complexity index is 745. The standard InChI is InChI=1S/C18H17ClN2O2S/c19-13-2-1-3-15(10-13)20-17(22)11-24-16-8-6-14(7-9-16)21-18(23)12-4-5-12/h1-3,6-10,12H,4-5,11H2,(H,20,22)(H,21,23). The topological polar surface area (TPSA) is 58.2 Å². The number of rotatable bonds is 6. The van der Waals surface area contributed by atoms with Crippen LogP contribution in [0.15, 0.2) is 53.4 Å². The summed E-state index contributed by atoms with van der Waals surface area (Å²) in [5.74, 6) is 0.499. The minimum absolute atomic E-state index is 0.0895. The van der Waals surface area contributed by atoms with Crippen molar-refractivity contribution in [3.05, 3.63) is 53.6 Å². The van der Waals surface area contributed by atoms with Crippen molar-refractivity contribution in [1.82, 2.24) is 0 Å². The van der Waals surface area contributed by atoms with Crippen molar-refractivity contribution in [3.8, 4) is 0 Å². The SMILES string of the molecule is O=C(CSc1ccc(NC(=O)C2CC2)cc1)Nc1cccc(Cl)c1. The number of nitrogens with one attached hydrogen (secondary N) is 2. The molecule has 1 aliphatic rings. The molecule has 6 heteroatoms. The molecule has 2 N–H and O–H groups in total. The number of anilines is 2. The Morgan fingerprint density at radius 1 is 1.04 bits per heavy atom. The van der Waals surface area contributed by atoms with E-state index >= 15 is 0 Å². The van der Waals surface area contributed by atoms with Gasteiger partial charge in [0.05, 0.1) is 5.75 Å². The van der Waals surface area contributed by atoms with Gasteiger partial charge in [0.25, 0.3) is 0 Å². The first-order valence-electron chi connectivity index (χ1n) is 7.69. The number of amides is 2. The zero-order valence-corrected chi connectivity index (χ0v) is 14.5. The predicted octanol–water partition coefficient (Wildman–Crippen LogP) is 4.42. The lowest BCUT2D eigenvalue weighted by molar-refractivity contribution is -0.117. The van der Waals surface area contributed by atoms with Crippen LogP contribution in [0.25, 0.3) is 0 Å². The summed E-state index contributed by atoms with van der Waals surface area (Å²) >= 11 is 7.33. The Labute approximate surface area is 150 Å². The first-order chi connectivity index (χ1) is 11.6. The molecule has 0 atom stereocenters. The van der Waals surface area contributed by atoms with Crippen molar-refractivity contribution in [2.75, 3.05) is 16.4 Å². The minimum Gasteiger partial charge on any atom is -0.326 e. The lowest BCUT2D eigenvalue weighted by Crippen LogP contribution is -2.14. The van der Waals surface area contributed by atoms with E-state index in [9.17, 15) is 9.59 Å². The number of benzene rings is 2. The molecule has 24 heavy (non-hydrogen) atoms. The summed E-state index contributed by atoms with van der Waals surface area (Å²) in [6.07, 6.45) is 1.98. The van der Waals surface area contributed by atoms with Crippen LogP contribution in [-0.4, -0.2) is 17.6 Å². The predicted molar refractivity (Wildman–Crippen MR) is 98.6 cm³/mol. The van der Waals surface area contributed by atoms with E-state index in [2.05, 4.69) is 10.6 Å². The van der Waals surface area contributed by atoms with Crippen molar-refractivity contribution in [2.45, 2.75) is 17.7 Å².